The minimum Gasteiger partial charge on any atom is -0.390 e. The molecule has 0 heterocycles. The summed E-state index contributed by atoms with van der Waals surface area (Å²) in [6.07, 6.45) is 0. The maximum Gasteiger partial charge on any atom is 0.282 e. The molecule has 0 aliphatic rings. The van der Waals surface area contributed by atoms with Crippen LogP contribution in [-0.4, -0.2) is 24.2 Å². The quantitative estimate of drug-likeness (QED) is 0.840. The van der Waals surface area contributed by atoms with Crippen LogP contribution in [0.3, 0.4) is 0 Å². The van der Waals surface area contributed by atoms with Crippen molar-refractivity contribution in [3.63, 3.8) is 0 Å². The van der Waals surface area contributed by atoms with Gasteiger partial charge in [-0.3, -0.25) is 0 Å². The van der Waals surface area contributed by atoms with Crippen LogP contribution in [0.25, 0.3) is 0 Å². The molecule has 1 rings (SSSR count). The minimum absolute atomic E-state index is 0.259. The van der Waals surface area contributed by atoms with Gasteiger partial charge in [0.15, 0.2) is 0 Å². The van der Waals surface area contributed by atoms with E-state index < -0.39 is 19.1 Å². The Morgan fingerprint density at radius 1 is 1.44 bits per heavy atom. The first-order chi connectivity index (χ1) is 7.44. The van der Waals surface area contributed by atoms with Gasteiger partial charge in [0.25, 0.3) is 5.92 Å². The molecule has 0 saturated carbocycles. The lowest BCUT2D eigenvalue weighted by atomic mass is 10.1. The number of nitrogens with one attached hydrogen (secondary N) is 1. The van der Waals surface area contributed by atoms with Crippen molar-refractivity contribution >= 4 is 11.6 Å². The monoisotopic (exact) mass is 249 g/mol. The van der Waals surface area contributed by atoms with E-state index in [0.29, 0.717) is 5.02 Å². The van der Waals surface area contributed by atoms with Gasteiger partial charge >= 0.3 is 0 Å². The number of hydrogen-bond donors (Lipinski definition) is 2. The summed E-state index contributed by atoms with van der Waals surface area (Å²) in [4.78, 5) is 0. The van der Waals surface area contributed by atoms with Crippen molar-refractivity contribution in [3.8, 4) is 0 Å². The summed E-state index contributed by atoms with van der Waals surface area (Å²) in [7, 11) is 0. The van der Waals surface area contributed by atoms with Crippen molar-refractivity contribution in [1.82, 2.24) is 5.32 Å². The van der Waals surface area contributed by atoms with E-state index in [0.717, 1.165) is 11.1 Å². The minimum atomic E-state index is -3.09. The Hall–Kier alpha value is -0.710. The van der Waals surface area contributed by atoms with Gasteiger partial charge in [0.05, 0.1) is 6.54 Å². The van der Waals surface area contributed by atoms with Crippen molar-refractivity contribution in [1.29, 1.82) is 0 Å². The van der Waals surface area contributed by atoms with E-state index in [9.17, 15) is 8.78 Å². The topological polar surface area (TPSA) is 32.3 Å². The van der Waals surface area contributed by atoms with Crippen molar-refractivity contribution in [2.45, 2.75) is 19.4 Å². The Morgan fingerprint density at radius 2 is 2.12 bits per heavy atom. The first kappa shape index (κ1) is 13.4. The van der Waals surface area contributed by atoms with Gasteiger partial charge in [0.1, 0.15) is 6.61 Å². The van der Waals surface area contributed by atoms with Crippen LogP contribution in [0, 0.1) is 6.92 Å². The van der Waals surface area contributed by atoms with Gasteiger partial charge in [-0.2, -0.15) is 0 Å². The molecule has 2 nitrogen and oxygen atoms in total. The van der Waals surface area contributed by atoms with Gasteiger partial charge in [-0.1, -0.05) is 23.7 Å². The summed E-state index contributed by atoms with van der Waals surface area (Å²) >= 11 is 5.94. The SMILES string of the molecule is Cc1ccc(CNCC(F)(F)CO)c(Cl)c1. The second-order valence-corrected chi connectivity index (χ2v) is 4.12. The molecule has 1 aromatic rings. The van der Waals surface area contributed by atoms with Crippen LogP contribution < -0.4 is 5.32 Å². The third-order valence-corrected chi connectivity index (χ3v) is 2.49. The van der Waals surface area contributed by atoms with Gasteiger partial charge in [-0.25, -0.2) is 8.78 Å². The lowest BCUT2D eigenvalue weighted by molar-refractivity contribution is -0.0477. The number of benzene rings is 1. The molecule has 0 aromatic heterocycles. The first-order valence-electron chi connectivity index (χ1n) is 4.89. The number of alkyl halides is 2. The molecular formula is C11H14ClF2NO. The molecule has 0 saturated heterocycles. The molecular weight excluding hydrogens is 236 g/mol. The molecule has 0 amide bonds. The Morgan fingerprint density at radius 3 is 2.69 bits per heavy atom. The fourth-order valence-corrected chi connectivity index (χ4v) is 1.53. The second kappa shape index (κ2) is 5.57. The van der Waals surface area contributed by atoms with E-state index in [4.69, 9.17) is 16.7 Å². The Kier molecular flexibility index (Phi) is 4.65. The summed E-state index contributed by atoms with van der Waals surface area (Å²) in [5.41, 5.74) is 1.79. The van der Waals surface area contributed by atoms with Gasteiger partial charge in [-0.05, 0) is 24.1 Å². The zero-order chi connectivity index (χ0) is 12.2. The van der Waals surface area contributed by atoms with Crippen LogP contribution in [0.4, 0.5) is 8.78 Å². The molecule has 0 aliphatic heterocycles. The summed E-state index contributed by atoms with van der Waals surface area (Å²) in [5, 5.41) is 11.5. The molecule has 16 heavy (non-hydrogen) atoms. The highest BCUT2D eigenvalue weighted by Crippen LogP contribution is 2.17. The fourth-order valence-electron chi connectivity index (χ4n) is 1.23. The van der Waals surface area contributed by atoms with Crippen LogP contribution in [0.15, 0.2) is 18.2 Å². The Labute approximate surface area is 98.2 Å². The number of aryl methyl sites for hydroxylation is 1. The third-order valence-electron chi connectivity index (χ3n) is 2.14. The van der Waals surface area contributed by atoms with Gasteiger partial charge < -0.3 is 10.4 Å². The molecule has 90 valence electrons. The number of aliphatic hydroxyl groups is 1. The average Bonchev–Trinajstić information content (AvgIpc) is 2.21. The molecule has 0 aliphatic carbocycles. The zero-order valence-electron chi connectivity index (χ0n) is 8.93. The number of hydrogen-bond acceptors (Lipinski definition) is 2. The van der Waals surface area contributed by atoms with E-state index in [1.54, 1.807) is 12.1 Å². The van der Waals surface area contributed by atoms with Crippen LogP contribution in [-0.2, 0) is 6.54 Å². The van der Waals surface area contributed by atoms with Gasteiger partial charge in [-0.15, -0.1) is 0 Å². The largest absolute Gasteiger partial charge is 0.390 e. The molecule has 0 fully saturated rings. The standard InChI is InChI=1S/C11H14ClF2NO/c1-8-2-3-9(10(12)4-8)5-15-6-11(13,14)7-16/h2-4,15-16H,5-7H2,1H3. The predicted molar refractivity (Wildman–Crippen MR) is 59.9 cm³/mol. The van der Waals surface area contributed by atoms with Crippen LogP contribution in [0.2, 0.25) is 5.02 Å². The van der Waals surface area contributed by atoms with E-state index in [1.807, 2.05) is 13.0 Å². The summed E-state index contributed by atoms with van der Waals surface area (Å²) in [5.74, 6) is -3.09. The lowest BCUT2D eigenvalue weighted by Crippen LogP contribution is -2.35. The maximum atomic E-state index is 12.7. The normalized spacial score (nSPS) is 11.8. The highest BCUT2D eigenvalue weighted by Gasteiger charge is 2.26. The maximum absolute atomic E-state index is 12.7. The van der Waals surface area contributed by atoms with Crippen LogP contribution in [0.5, 0.6) is 0 Å². The van der Waals surface area contributed by atoms with E-state index in [2.05, 4.69) is 5.32 Å². The van der Waals surface area contributed by atoms with Crippen LogP contribution >= 0.6 is 11.6 Å². The fraction of sp³-hybridized carbons (Fsp3) is 0.455. The van der Waals surface area contributed by atoms with Crippen molar-refractivity contribution < 1.29 is 13.9 Å². The molecule has 0 spiro atoms. The van der Waals surface area contributed by atoms with Crippen molar-refractivity contribution in [2.24, 2.45) is 0 Å². The molecule has 0 unspecified atom stereocenters. The Bertz CT molecular complexity index is 358. The molecule has 0 bridgehead atoms. The highest BCUT2D eigenvalue weighted by molar-refractivity contribution is 6.31. The van der Waals surface area contributed by atoms with Gasteiger partial charge in [0.2, 0.25) is 0 Å². The van der Waals surface area contributed by atoms with Crippen LogP contribution in [0.1, 0.15) is 11.1 Å². The summed E-state index contributed by atoms with van der Waals surface area (Å²) < 4.78 is 25.3. The van der Waals surface area contributed by atoms with E-state index in [-0.39, 0.29) is 6.54 Å². The smallest absolute Gasteiger partial charge is 0.282 e. The van der Waals surface area contributed by atoms with Crippen molar-refractivity contribution in [2.75, 3.05) is 13.2 Å². The first-order valence-corrected chi connectivity index (χ1v) is 5.27. The molecule has 5 heteroatoms. The van der Waals surface area contributed by atoms with E-state index in [1.165, 1.54) is 0 Å². The number of rotatable bonds is 5. The lowest BCUT2D eigenvalue weighted by Gasteiger charge is -2.14. The summed E-state index contributed by atoms with van der Waals surface area (Å²) in [6.45, 7) is 0.451. The number of aliphatic hydroxyl groups excluding tert-OH is 1. The van der Waals surface area contributed by atoms with E-state index >= 15 is 0 Å². The zero-order valence-corrected chi connectivity index (χ0v) is 9.69. The van der Waals surface area contributed by atoms with Gasteiger partial charge in [0, 0.05) is 11.6 Å². The molecule has 0 radical (unpaired) electrons. The summed E-state index contributed by atoms with van der Waals surface area (Å²) in [6, 6.07) is 5.44. The molecule has 2 N–H and O–H groups in total. The predicted octanol–water partition coefficient (Wildman–Crippen LogP) is 2.37. The van der Waals surface area contributed by atoms with Crippen molar-refractivity contribution in [3.05, 3.63) is 34.3 Å². The third kappa shape index (κ3) is 4.04. The Balaban J connectivity index is 2.49. The average molecular weight is 250 g/mol. The molecule has 0 atom stereocenters. The number of halogens is 3. The highest BCUT2D eigenvalue weighted by atomic mass is 35.5. The second-order valence-electron chi connectivity index (χ2n) is 3.71. The molecule has 1 aromatic carbocycles.